The van der Waals surface area contributed by atoms with Gasteiger partial charge in [0, 0.05) is 6.54 Å². The maximum Gasteiger partial charge on any atom is 0.227 e. The normalized spacial score (nSPS) is 10.9. The number of ether oxygens (including phenoxy) is 1. The highest BCUT2D eigenvalue weighted by atomic mass is 16.5. The van der Waals surface area contributed by atoms with Crippen molar-refractivity contribution < 1.29 is 4.74 Å². The third-order valence-electron chi connectivity index (χ3n) is 3.10. The van der Waals surface area contributed by atoms with Gasteiger partial charge in [0.15, 0.2) is 5.65 Å². The van der Waals surface area contributed by atoms with Crippen LogP contribution in [0, 0.1) is 0 Å². The lowest BCUT2D eigenvalue weighted by molar-refractivity contribution is 0.307. The smallest absolute Gasteiger partial charge is 0.227 e. The largest absolute Gasteiger partial charge is 0.476 e. The van der Waals surface area contributed by atoms with Gasteiger partial charge in [0.25, 0.3) is 0 Å². The summed E-state index contributed by atoms with van der Waals surface area (Å²) >= 11 is 0. The van der Waals surface area contributed by atoms with E-state index >= 15 is 0 Å². The van der Waals surface area contributed by atoms with E-state index in [4.69, 9.17) is 4.74 Å². The van der Waals surface area contributed by atoms with Crippen molar-refractivity contribution >= 4 is 11.0 Å². The number of aromatic nitrogens is 4. The molecule has 6 heteroatoms. The van der Waals surface area contributed by atoms with E-state index in [0.29, 0.717) is 12.5 Å². The first-order valence-electron chi connectivity index (χ1n) is 6.98. The summed E-state index contributed by atoms with van der Waals surface area (Å²) in [6.07, 6.45) is 3.25. The summed E-state index contributed by atoms with van der Waals surface area (Å²) in [5.74, 6) is 0.570. The van der Waals surface area contributed by atoms with Gasteiger partial charge in [-0.2, -0.15) is 5.10 Å². The number of benzene rings is 1. The van der Waals surface area contributed by atoms with Crippen molar-refractivity contribution in [1.29, 1.82) is 0 Å². The fourth-order valence-corrected chi connectivity index (χ4v) is 2.09. The number of nitrogens with one attached hydrogen (secondary N) is 1. The molecule has 0 saturated carbocycles. The predicted octanol–water partition coefficient (Wildman–Crippen LogP) is 1.80. The number of nitrogens with zero attached hydrogens (tertiary/aromatic N) is 4. The molecule has 3 aromatic rings. The summed E-state index contributed by atoms with van der Waals surface area (Å²) in [5, 5.41) is 8.42. The van der Waals surface area contributed by atoms with Crippen LogP contribution in [-0.2, 0) is 0 Å². The van der Waals surface area contributed by atoms with E-state index in [-0.39, 0.29) is 0 Å². The molecule has 0 aliphatic rings. The lowest BCUT2D eigenvalue weighted by Gasteiger charge is -2.06. The Morgan fingerprint density at radius 3 is 2.86 bits per heavy atom. The Hall–Kier alpha value is -2.47. The van der Waals surface area contributed by atoms with Crippen LogP contribution in [0.25, 0.3) is 16.7 Å². The zero-order valence-electron chi connectivity index (χ0n) is 11.9. The van der Waals surface area contributed by atoms with Crippen molar-refractivity contribution in [2.45, 2.75) is 6.92 Å². The number of para-hydroxylation sites is 1. The highest BCUT2D eigenvalue weighted by Gasteiger charge is 2.11. The molecule has 1 aromatic carbocycles. The quantitative estimate of drug-likeness (QED) is 0.699. The number of fused-ring (bicyclic) bond motifs is 1. The van der Waals surface area contributed by atoms with Crippen molar-refractivity contribution in [2.75, 3.05) is 19.7 Å². The van der Waals surface area contributed by atoms with Crippen molar-refractivity contribution in [2.24, 2.45) is 0 Å². The molecular weight excluding hydrogens is 266 g/mol. The molecule has 0 aliphatic heterocycles. The molecular formula is C15H17N5O. The van der Waals surface area contributed by atoms with Crippen LogP contribution in [-0.4, -0.2) is 39.4 Å². The van der Waals surface area contributed by atoms with E-state index in [1.165, 1.54) is 6.33 Å². The fraction of sp³-hybridized carbons (Fsp3) is 0.267. The minimum absolute atomic E-state index is 0.566. The molecule has 0 aliphatic carbocycles. The molecule has 0 spiro atoms. The molecule has 2 aromatic heterocycles. The molecule has 0 atom stereocenters. The van der Waals surface area contributed by atoms with Gasteiger partial charge in [-0.1, -0.05) is 25.1 Å². The van der Waals surface area contributed by atoms with E-state index in [9.17, 15) is 0 Å². The van der Waals surface area contributed by atoms with Gasteiger partial charge in [-0.3, -0.25) is 0 Å². The molecule has 1 N–H and O–H groups in total. The van der Waals surface area contributed by atoms with Crippen molar-refractivity contribution in [3.63, 3.8) is 0 Å². The van der Waals surface area contributed by atoms with E-state index < -0.39 is 0 Å². The summed E-state index contributed by atoms with van der Waals surface area (Å²) in [6.45, 7) is 4.34. The third-order valence-corrected chi connectivity index (χ3v) is 3.10. The van der Waals surface area contributed by atoms with E-state index in [1.54, 1.807) is 10.9 Å². The van der Waals surface area contributed by atoms with Gasteiger partial charge in [-0.15, -0.1) is 0 Å². The van der Waals surface area contributed by atoms with E-state index in [1.807, 2.05) is 30.3 Å². The zero-order chi connectivity index (χ0) is 14.5. The maximum absolute atomic E-state index is 5.70. The van der Waals surface area contributed by atoms with Gasteiger partial charge in [0.2, 0.25) is 5.88 Å². The Morgan fingerprint density at radius 1 is 1.19 bits per heavy atom. The predicted molar refractivity (Wildman–Crippen MR) is 80.7 cm³/mol. The Balaban J connectivity index is 1.89. The highest BCUT2D eigenvalue weighted by molar-refractivity contribution is 5.81. The summed E-state index contributed by atoms with van der Waals surface area (Å²) in [7, 11) is 0. The Kier molecular flexibility index (Phi) is 4.07. The number of rotatable bonds is 6. The van der Waals surface area contributed by atoms with Gasteiger partial charge >= 0.3 is 0 Å². The van der Waals surface area contributed by atoms with Crippen molar-refractivity contribution in [3.05, 3.63) is 42.9 Å². The second-order valence-electron chi connectivity index (χ2n) is 4.51. The standard InChI is InChI=1S/C15H17N5O/c1-2-16-8-9-21-15-13-10-19-20(14(13)17-11-18-15)12-6-4-3-5-7-12/h3-7,10-11,16H,2,8-9H2,1H3. The van der Waals surface area contributed by atoms with Crippen LogP contribution in [0.2, 0.25) is 0 Å². The van der Waals surface area contributed by atoms with E-state index in [2.05, 4.69) is 27.3 Å². The van der Waals surface area contributed by atoms with Gasteiger partial charge in [0.05, 0.1) is 11.9 Å². The molecule has 108 valence electrons. The average Bonchev–Trinajstić information content (AvgIpc) is 2.97. The van der Waals surface area contributed by atoms with Crippen LogP contribution < -0.4 is 10.1 Å². The first-order chi connectivity index (χ1) is 10.4. The Morgan fingerprint density at radius 2 is 2.05 bits per heavy atom. The van der Waals surface area contributed by atoms with Crippen LogP contribution in [0.15, 0.2) is 42.9 Å². The molecule has 0 bridgehead atoms. The number of likely N-dealkylation sites (N-methyl/N-ethyl adjacent to an activating group) is 1. The molecule has 3 rings (SSSR count). The zero-order valence-corrected chi connectivity index (χ0v) is 11.9. The van der Waals surface area contributed by atoms with Crippen LogP contribution in [0.1, 0.15) is 6.92 Å². The molecule has 0 saturated heterocycles. The SMILES string of the molecule is CCNCCOc1ncnc2c1cnn2-c1ccccc1. The molecule has 0 radical (unpaired) electrons. The summed E-state index contributed by atoms with van der Waals surface area (Å²) in [6, 6.07) is 9.88. The third kappa shape index (κ3) is 2.85. The molecule has 0 fully saturated rings. The van der Waals surface area contributed by atoms with Crippen LogP contribution >= 0.6 is 0 Å². The minimum atomic E-state index is 0.566. The number of hydrogen-bond acceptors (Lipinski definition) is 5. The van der Waals surface area contributed by atoms with Gasteiger partial charge in [-0.05, 0) is 18.7 Å². The first-order valence-corrected chi connectivity index (χ1v) is 6.98. The molecule has 0 amide bonds. The van der Waals surface area contributed by atoms with Gasteiger partial charge < -0.3 is 10.1 Å². The molecule has 0 unspecified atom stereocenters. The lowest BCUT2D eigenvalue weighted by atomic mass is 10.3. The summed E-state index contributed by atoms with van der Waals surface area (Å²) in [4.78, 5) is 8.51. The Labute approximate surface area is 122 Å². The lowest BCUT2D eigenvalue weighted by Crippen LogP contribution is -2.20. The summed E-state index contributed by atoms with van der Waals surface area (Å²) < 4.78 is 7.49. The van der Waals surface area contributed by atoms with Crippen LogP contribution in [0.5, 0.6) is 5.88 Å². The fourth-order valence-electron chi connectivity index (χ4n) is 2.09. The topological polar surface area (TPSA) is 64.9 Å². The minimum Gasteiger partial charge on any atom is -0.476 e. The van der Waals surface area contributed by atoms with Gasteiger partial charge in [0.1, 0.15) is 18.3 Å². The number of hydrogen-bond donors (Lipinski definition) is 1. The monoisotopic (exact) mass is 283 g/mol. The van der Waals surface area contributed by atoms with Crippen molar-refractivity contribution in [1.82, 2.24) is 25.1 Å². The van der Waals surface area contributed by atoms with Crippen LogP contribution in [0.3, 0.4) is 0 Å². The van der Waals surface area contributed by atoms with Crippen LogP contribution in [0.4, 0.5) is 0 Å². The first kappa shape index (κ1) is 13.5. The second-order valence-corrected chi connectivity index (χ2v) is 4.51. The second kappa shape index (κ2) is 6.32. The molecule has 2 heterocycles. The Bertz CT molecular complexity index is 710. The molecule has 21 heavy (non-hydrogen) atoms. The van der Waals surface area contributed by atoms with Gasteiger partial charge in [-0.25, -0.2) is 14.6 Å². The maximum atomic E-state index is 5.70. The highest BCUT2D eigenvalue weighted by Crippen LogP contribution is 2.22. The van der Waals surface area contributed by atoms with Crippen molar-refractivity contribution in [3.8, 4) is 11.6 Å². The summed E-state index contributed by atoms with van der Waals surface area (Å²) in [5.41, 5.74) is 1.71. The molecule has 6 nitrogen and oxygen atoms in total. The van der Waals surface area contributed by atoms with E-state index in [0.717, 1.165) is 29.8 Å². The average molecular weight is 283 g/mol.